The molecule has 1 aliphatic carbocycles. The van der Waals surface area contributed by atoms with Gasteiger partial charge in [-0.1, -0.05) is 12.1 Å². The molecule has 2 aliphatic rings. The number of benzene rings is 1. The Morgan fingerprint density at radius 1 is 1.00 bits per heavy atom. The number of amides is 2. The lowest BCUT2D eigenvalue weighted by atomic mass is 9.93. The molecule has 2 aromatic heterocycles. The molecule has 1 aromatic carbocycles. The monoisotopic (exact) mass is 404 g/mol. The van der Waals surface area contributed by atoms with Gasteiger partial charge in [0, 0.05) is 19.3 Å². The van der Waals surface area contributed by atoms with Gasteiger partial charge < -0.3 is 10.2 Å². The smallest absolute Gasteiger partial charge is 0.253 e. The van der Waals surface area contributed by atoms with Crippen LogP contribution in [-0.4, -0.2) is 55.8 Å². The Bertz CT molecular complexity index is 1060. The molecule has 2 amide bonds. The first-order valence-corrected chi connectivity index (χ1v) is 10.4. The second kappa shape index (κ2) is 7.19. The van der Waals surface area contributed by atoms with E-state index < -0.39 is 6.04 Å². The minimum atomic E-state index is -0.566. The summed E-state index contributed by atoms with van der Waals surface area (Å²) in [6, 6.07) is 10.4. The fraction of sp³-hybridized carbons (Fsp3) is 0.409. The molecule has 5 rings (SSSR count). The standard InChI is InChI=1S/C22H24N6O2/c1-15(21(30)27-12-10-22(8-9-22)11-13-27)24-20(29)16-6-7-19(23-14-16)28-25-17-4-2-3-5-18(17)26-28/h2-7,14-15H,8-13H2,1H3,(H,24,29)/t15-/m0/s1. The number of hydrogen-bond donors (Lipinski definition) is 1. The molecule has 3 heterocycles. The highest BCUT2D eigenvalue weighted by Gasteiger charge is 2.45. The quantitative estimate of drug-likeness (QED) is 0.720. The Hall–Kier alpha value is -3.29. The van der Waals surface area contributed by atoms with Gasteiger partial charge in [0.2, 0.25) is 5.91 Å². The molecule has 30 heavy (non-hydrogen) atoms. The predicted molar refractivity (Wildman–Crippen MR) is 111 cm³/mol. The zero-order valence-electron chi connectivity index (χ0n) is 16.9. The largest absolute Gasteiger partial charge is 0.341 e. The lowest BCUT2D eigenvalue weighted by Gasteiger charge is -2.33. The highest BCUT2D eigenvalue weighted by molar-refractivity contribution is 5.97. The van der Waals surface area contributed by atoms with Gasteiger partial charge in [0.1, 0.15) is 17.1 Å². The van der Waals surface area contributed by atoms with Crippen molar-refractivity contribution in [2.45, 2.75) is 38.6 Å². The first-order chi connectivity index (χ1) is 14.5. The van der Waals surface area contributed by atoms with Crippen molar-refractivity contribution in [3.63, 3.8) is 0 Å². The number of piperidine rings is 1. The van der Waals surface area contributed by atoms with E-state index in [4.69, 9.17) is 0 Å². The molecule has 0 bridgehead atoms. The number of pyridine rings is 1. The summed E-state index contributed by atoms with van der Waals surface area (Å²) in [5.74, 6) is 0.189. The second-order valence-electron chi connectivity index (χ2n) is 8.40. The molecular weight excluding hydrogens is 380 g/mol. The van der Waals surface area contributed by atoms with Crippen molar-refractivity contribution < 1.29 is 9.59 Å². The minimum absolute atomic E-state index is 0.0177. The van der Waals surface area contributed by atoms with Crippen molar-refractivity contribution in [1.82, 2.24) is 30.2 Å². The van der Waals surface area contributed by atoms with Crippen LogP contribution in [-0.2, 0) is 4.79 Å². The molecule has 8 nitrogen and oxygen atoms in total. The fourth-order valence-corrected chi connectivity index (χ4v) is 4.09. The number of likely N-dealkylation sites (tertiary alicyclic amines) is 1. The maximum Gasteiger partial charge on any atom is 0.253 e. The SMILES string of the molecule is C[C@H](NC(=O)c1ccc(-n2nc3ccccc3n2)nc1)C(=O)N1CCC2(CC1)CC2. The van der Waals surface area contributed by atoms with Crippen LogP contribution in [0.5, 0.6) is 0 Å². The number of fused-ring (bicyclic) bond motifs is 1. The molecule has 1 N–H and O–H groups in total. The van der Waals surface area contributed by atoms with E-state index >= 15 is 0 Å². The third-order valence-electron chi connectivity index (χ3n) is 6.31. The second-order valence-corrected chi connectivity index (χ2v) is 8.40. The van der Waals surface area contributed by atoms with Crippen LogP contribution in [0.3, 0.4) is 0 Å². The van der Waals surface area contributed by atoms with Crippen molar-refractivity contribution in [2.75, 3.05) is 13.1 Å². The molecule has 1 atom stereocenters. The zero-order valence-corrected chi connectivity index (χ0v) is 16.9. The summed E-state index contributed by atoms with van der Waals surface area (Å²) in [5.41, 5.74) is 2.47. The fourth-order valence-electron chi connectivity index (χ4n) is 4.09. The van der Waals surface area contributed by atoms with Crippen molar-refractivity contribution in [1.29, 1.82) is 0 Å². The Labute approximate surface area is 174 Å². The Morgan fingerprint density at radius 2 is 1.67 bits per heavy atom. The van der Waals surface area contributed by atoms with Crippen LogP contribution >= 0.6 is 0 Å². The van der Waals surface area contributed by atoms with E-state index in [1.165, 1.54) is 23.8 Å². The summed E-state index contributed by atoms with van der Waals surface area (Å²) in [4.78, 5) is 32.9. The van der Waals surface area contributed by atoms with Gasteiger partial charge in [0.05, 0.1) is 5.56 Å². The first-order valence-electron chi connectivity index (χ1n) is 10.4. The normalized spacial score (nSPS) is 18.4. The number of nitrogens with one attached hydrogen (secondary N) is 1. The van der Waals surface area contributed by atoms with Crippen LogP contribution in [0.15, 0.2) is 42.6 Å². The third kappa shape index (κ3) is 3.53. The molecule has 0 radical (unpaired) electrons. The van der Waals surface area contributed by atoms with E-state index in [9.17, 15) is 9.59 Å². The van der Waals surface area contributed by atoms with Crippen molar-refractivity contribution >= 4 is 22.8 Å². The maximum atomic E-state index is 12.7. The van der Waals surface area contributed by atoms with Crippen LogP contribution in [0, 0.1) is 5.41 Å². The molecule has 1 saturated heterocycles. The Balaban J connectivity index is 1.22. The number of aromatic nitrogens is 4. The van der Waals surface area contributed by atoms with E-state index in [-0.39, 0.29) is 11.8 Å². The van der Waals surface area contributed by atoms with Crippen LogP contribution in [0.4, 0.5) is 0 Å². The average molecular weight is 404 g/mol. The number of carbonyl (C=O) groups is 2. The van der Waals surface area contributed by atoms with Crippen molar-refractivity contribution in [3.8, 4) is 5.82 Å². The molecule has 3 aromatic rings. The highest BCUT2D eigenvalue weighted by atomic mass is 16.2. The van der Waals surface area contributed by atoms with Crippen LogP contribution in [0.1, 0.15) is 43.0 Å². The molecule has 1 aliphatic heterocycles. The van der Waals surface area contributed by atoms with Gasteiger partial charge in [-0.25, -0.2) is 4.98 Å². The Kier molecular flexibility index (Phi) is 4.49. The Morgan fingerprint density at radius 3 is 2.23 bits per heavy atom. The van der Waals surface area contributed by atoms with Crippen molar-refractivity contribution in [3.05, 3.63) is 48.2 Å². The number of carbonyl (C=O) groups excluding carboxylic acids is 2. The summed E-state index contributed by atoms with van der Waals surface area (Å²) in [6.45, 7) is 3.32. The van der Waals surface area contributed by atoms with Gasteiger partial charge in [0.25, 0.3) is 5.91 Å². The third-order valence-corrected chi connectivity index (χ3v) is 6.31. The average Bonchev–Trinajstić information content (AvgIpc) is 3.38. The topological polar surface area (TPSA) is 93.0 Å². The van der Waals surface area contributed by atoms with Gasteiger partial charge in [0.15, 0.2) is 5.82 Å². The van der Waals surface area contributed by atoms with E-state index in [0.717, 1.165) is 37.0 Å². The number of nitrogens with zero attached hydrogens (tertiary/aromatic N) is 5. The highest BCUT2D eigenvalue weighted by Crippen LogP contribution is 2.53. The maximum absolute atomic E-state index is 12.7. The van der Waals surface area contributed by atoms with Gasteiger partial charge in [-0.15, -0.1) is 15.0 Å². The number of rotatable bonds is 4. The van der Waals surface area contributed by atoms with Crippen LogP contribution < -0.4 is 5.32 Å². The molecule has 0 unspecified atom stereocenters. The molecule has 1 spiro atoms. The van der Waals surface area contributed by atoms with E-state index in [0.29, 0.717) is 16.8 Å². The van der Waals surface area contributed by atoms with Crippen molar-refractivity contribution in [2.24, 2.45) is 5.41 Å². The zero-order chi connectivity index (χ0) is 20.7. The van der Waals surface area contributed by atoms with Gasteiger partial charge in [-0.2, -0.15) is 0 Å². The summed E-state index contributed by atoms with van der Waals surface area (Å²) >= 11 is 0. The van der Waals surface area contributed by atoms with Gasteiger partial charge in [-0.3, -0.25) is 9.59 Å². The van der Waals surface area contributed by atoms with E-state index in [1.54, 1.807) is 19.1 Å². The molecule has 2 fully saturated rings. The molecular formula is C22H24N6O2. The minimum Gasteiger partial charge on any atom is -0.341 e. The van der Waals surface area contributed by atoms with Gasteiger partial charge >= 0.3 is 0 Å². The summed E-state index contributed by atoms with van der Waals surface area (Å²) < 4.78 is 0. The molecule has 1 saturated carbocycles. The number of hydrogen-bond acceptors (Lipinski definition) is 5. The van der Waals surface area contributed by atoms with Gasteiger partial charge in [-0.05, 0) is 62.3 Å². The summed E-state index contributed by atoms with van der Waals surface area (Å²) in [5, 5.41) is 11.6. The predicted octanol–water partition coefficient (Wildman–Crippen LogP) is 2.34. The molecule has 154 valence electrons. The molecule has 8 heteroatoms. The van der Waals surface area contributed by atoms with Crippen LogP contribution in [0.25, 0.3) is 16.9 Å². The van der Waals surface area contributed by atoms with E-state index in [2.05, 4.69) is 20.5 Å². The van der Waals surface area contributed by atoms with Crippen LogP contribution in [0.2, 0.25) is 0 Å². The lowest BCUT2D eigenvalue weighted by molar-refractivity contribution is -0.134. The first kappa shape index (κ1) is 18.7. The van der Waals surface area contributed by atoms with E-state index in [1.807, 2.05) is 29.2 Å². The summed E-state index contributed by atoms with van der Waals surface area (Å²) in [6.07, 6.45) is 6.25. The summed E-state index contributed by atoms with van der Waals surface area (Å²) in [7, 11) is 0. The lowest BCUT2D eigenvalue weighted by Crippen LogP contribution is -2.49.